The third-order valence-electron chi connectivity index (χ3n) is 2.36. The van der Waals surface area contributed by atoms with E-state index >= 15 is 0 Å². The Bertz CT molecular complexity index is 484. The van der Waals surface area contributed by atoms with Crippen LogP contribution in [0.2, 0.25) is 0 Å². The molecule has 2 N–H and O–H groups in total. The normalized spacial score (nSPS) is 15.7. The first-order valence-corrected chi connectivity index (χ1v) is 6.04. The molecule has 15 heavy (non-hydrogen) atoms. The van der Waals surface area contributed by atoms with Crippen LogP contribution in [0.3, 0.4) is 0 Å². The van der Waals surface area contributed by atoms with Gasteiger partial charge in [-0.05, 0) is 12.1 Å². The summed E-state index contributed by atoms with van der Waals surface area (Å²) in [6.45, 7) is 1.35. The van der Waals surface area contributed by atoms with Gasteiger partial charge in [0.25, 0.3) is 0 Å². The Labute approximate surface area is 88.5 Å². The van der Waals surface area contributed by atoms with E-state index in [1.54, 1.807) is 6.07 Å². The Kier molecular flexibility index (Phi) is 2.32. The third-order valence-corrected chi connectivity index (χ3v) is 3.27. The summed E-state index contributed by atoms with van der Waals surface area (Å²) in [5.74, 6) is 0.565. The average molecular weight is 228 g/mol. The highest BCUT2D eigenvalue weighted by molar-refractivity contribution is 7.89. The molecule has 0 atom stereocenters. The van der Waals surface area contributed by atoms with Crippen molar-refractivity contribution in [3.05, 3.63) is 18.2 Å². The minimum absolute atomic E-state index is 0.0801. The highest BCUT2D eigenvalue weighted by Gasteiger charge is 2.17. The second-order valence-corrected chi connectivity index (χ2v) is 5.01. The molecule has 82 valence electrons. The molecular formula is C9H12N2O3S. The Morgan fingerprint density at radius 1 is 1.47 bits per heavy atom. The van der Waals surface area contributed by atoms with Crippen molar-refractivity contribution in [2.24, 2.45) is 5.14 Å². The molecule has 0 saturated carbocycles. The van der Waals surface area contributed by atoms with Crippen molar-refractivity contribution in [3.63, 3.8) is 0 Å². The number of nitrogens with two attached hydrogens (primary N) is 1. The molecule has 6 heteroatoms. The van der Waals surface area contributed by atoms with Crippen LogP contribution in [0, 0.1) is 0 Å². The Morgan fingerprint density at radius 3 is 2.87 bits per heavy atom. The standard InChI is InChI=1S/C9H12N2O3S/c1-11-4-5-14-9-6-7(15(10,12)13)2-3-8(9)11/h2-3,6H,4-5H2,1H3,(H2,10,12,13). The van der Waals surface area contributed by atoms with E-state index in [1.165, 1.54) is 12.1 Å². The predicted molar refractivity (Wildman–Crippen MR) is 56.6 cm³/mol. The molecule has 1 heterocycles. The number of anilines is 1. The molecule has 0 aliphatic carbocycles. The number of benzene rings is 1. The lowest BCUT2D eigenvalue weighted by Crippen LogP contribution is -2.29. The molecule has 0 saturated heterocycles. The highest BCUT2D eigenvalue weighted by atomic mass is 32.2. The monoisotopic (exact) mass is 228 g/mol. The van der Waals surface area contributed by atoms with Crippen LogP contribution in [0.4, 0.5) is 5.69 Å². The van der Waals surface area contributed by atoms with Crippen LogP contribution >= 0.6 is 0 Å². The van der Waals surface area contributed by atoms with Gasteiger partial charge in [0.15, 0.2) is 0 Å². The van der Waals surface area contributed by atoms with Crippen molar-refractivity contribution in [3.8, 4) is 5.75 Å². The van der Waals surface area contributed by atoms with Crippen molar-refractivity contribution in [2.75, 3.05) is 25.1 Å². The summed E-state index contributed by atoms with van der Waals surface area (Å²) >= 11 is 0. The zero-order valence-electron chi connectivity index (χ0n) is 8.30. The number of rotatable bonds is 1. The molecule has 2 rings (SSSR count). The Hall–Kier alpha value is -1.27. The van der Waals surface area contributed by atoms with Crippen molar-refractivity contribution in [1.29, 1.82) is 0 Å². The molecule has 0 amide bonds. The van der Waals surface area contributed by atoms with Gasteiger partial charge < -0.3 is 9.64 Å². The van der Waals surface area contributed by atoms with Gasteiger partial charge in [0, 0.05) is 13.1 Å². The van der Waals surface area contributed by atoms with Crippen LogP contribution in [0.15, 0.2) is 23.1 Å². The fourth-order valence-electron chi connectivity index (χ4n) is 1.52. The quantitative estimate of drug-likeness (QED) is 0.743. The molecule has 1 aromatic carbocycles. The Morgan fingerprint density at radius 2 is 2.20 bits per heavy atom. The minimum atomic E-state index is -3.65. The van der Waals surface area contributed by atoms with E-state index in [1.807, 2.05) is 11.9 Å². The lowest BCUT2D eigenvalue weighted by atomic mass is 10.2. The molecule has 0 unspecified atom stereocenters. The number of sulfonamides is 1. The number of hydrogen-bond acceptors (Lipinski definition) is 4. The Balaban J connectivity index is 2.51. The topological polar surface area (TPSA) is 72.6 Å². The highest BCUT2D eigenvalue weighted by Crippen LogP contribution is 2.32. The number of primary sulfonamides is 1. The fraction of sp³-hybridized carbons (Fsp3) is 0.333. The summed E-state index contributed by atoms with van der Waals surface area (Å²) < 4.78 is 27.6. The lowest BCUT2D eigenvalue weighted by molar-refractivity contribution is 0.310. The van der Waals surface area contributed by atoms with Gasteiger partial charge >= 0.3 is 0 Å². The molecule has 0 spiro atoms. The minimum Gasteiger partial charge on any atom is -0.490 e. The zero-order valence-corrected chi connectivity index (χ0v) is 9.12. The number of nitrogens with zero attached hydrogens (tertiary/aromatic N) is 1. The first kappa shape index (κ1) is 10.3. The molecule has 1 aliphatic heterocycles. The van der Waals surface area contributed by atoms with Crippen LogP contribution in [-0.2, 0) is 10.0 Å². The van der Waals surface area contributed by atoms with E-state index in [4.69, 9.17) is 9.88 Å². The van der Waals surface area contributed by atoms with Gasteiger partial charge in [0.1, 0.15) is 12.4 Å². The van der Waals surface area contributed by atoms with E-state index in [-0.39, 0.29) is 4.90 Å². The van der Waals surface area contributed by atoms with Gasteiger partial charge in [-0.1, -0.05) is 0 Å². The maximum atomic E-state index is 11.1. The number of fused-ring (bicyclic) bond motifs is 1. The molecular weight excluding hydrogens is 216 g/mol. The van der Waals surface area contributed by atoms with E-state index in [9.17, 15) is 8.42 Å². The lowest BCUT2D eigenvalue weighted by Gasteiger charge is -2.27. The molecule has 0 aromatic heterocycles. The largest absolute Gasteiger partial charge is 0.490 e. The number of ether oxygens (including phenoxy) is 1. The molecule has 1 aromatic rings. The summed E-state index contributed by atoms with van der Waals surface area (Å²) in [6.07, 6.45) is 0. The summed E-state index contributed by atoms with van der Waals surface area (Å²) in [4.78, 5) is 2.09. The van der Waals surface area contributed by atoms with E-state index in [0.29, 0.717) is 12.4 Å². The van der Waals surface area contributed by atoms with Crippen LogP contribution in [-0.4, -0.2) is 28.6 Å². The van der Waals surface area contributed by atoms with Crippen LogP contribution in [0.1, 0.15) is 0 Å². The van der Waals surface area contributed by atoms with Crippen molar-refractivity contribution in [1.82, 2.24) is 0 Å². The first-order valence-electron chi connectivity index (χ1n) is 4.49. The van der Waals surface area contributed by atoms with Crippen molar-refractivity contribution >= 4 is 15.7 Å². The van der Waals surface area contributed by atoms with Gasteiger partial charge in [0.2, 0.25) is 10.0 Å². The fourth-order valence-corrected chi connectivity index (χ4v) is 2.04. The zero-order chi connectivity index (χ0) is 11.1. The smallest absolute Gasteiger partial charge is 0.238 e. The summed E-state index contributed by atoms with van der Waals surface area (Å²) in [5.41, 5.74) is 0.883. The van der Waals surface area contributed by atoms with E-state index in [0.717, 1.165) is 12.2 Å². The van der Waals surface area contributed by atoms with Gasteiger partial charge in [-0.15, -0.1) is 0 Å². The van der Waals surface area contributed by atoms with E-state index < -0.39 is 10.0 Å². The second-order valence-electron chi connectivity index (χ2n) is 3.44. The molecule has 5 nitrogen and oxygen atoms in total. The molecule has 1 aliphatic rings. The van der Waals surface area contributed by atoms with E-state index in [2.05, 4.69) is 0 Å². The number of hydrogen-bond donors (Lipinski definition) is 1. The van der Waals surface area contributed by atoms with Crippen molar-refractivity contribution in [2.45, 2.75) is 4.90 Å². The molecule has 0 bridgehead atoms. The van der Waals surface area contributed by atoms with Gasteiger partial charge in [0.05, 0.1) is 17.1 Å². The van der Waals surface area contributed by atoms with Crippen LogP contribution in [0.5, 0.6) is 5.75 Å². The maximum absolute atomic E-state index is 11.1. The van der Waals surface area contributed by atoms with Crippen LogP contribution < -0.4 is 14.8 Å². The summed E-state index contributed by atoms with van der Waals surface area (Å²) in [6, 6.07) is 4.65. The average Bonchev–Trinajstić information content (AvgIpc) is 2.16. The van der Waals surface area contributed by atoms with Gasteiger partial charge in [-0.2, -0.15) is 0 Å². The maximum Gasteiger partial charge on any atom is 0.238 e. The summed E-state index contributed by atoms with van der Waals surface area (Å²) in [5, 5.41) is 5.03. The van der Waals surface area contributed by atoms with Crippen LogP contribution in [0.25, 0.3) is 0 Å². The predicted octanol–water partition coefficient (Wildman–Crippen LogP) is 0.163. The molecule has 0 radical (unpaired) electrons. The SMILES string of the molecule is CN1CCOc2cc(S(N)(=O)=O)ccc21. The second kappa shape index (κ2) is 3.39. The number of likely N-dealkylation sites (N-methyl/N-ethyl adjacent to an activating group) is 1. The first-order chi connectivity index (χ1) is 6.98. The molecule has 0 fully saturated rings. The van der Waals surface area contributed by atoms with Gasteiger partial charge in [-0.3, -0.25) is 0 Å². The summed E-state index contributed by atoms with van der Waals surface area (Å²) in [7, 11) is -1.72. The van der Waals surface area contributed by atoms with Crippen molar-refractivity contribution < 1.29 is 13.2 Å². The third kappa shape index (κ3) is 1.91. The van der Waals surface area contributed by atoms with Gasteiger partial charge in [-0.25, -0.2) is 13.6 Å².